The number of pyridine rings is 1. The van der Waals surface area contributed by atoms with Crippen molar-refractivity contribution in [1.29, 1.82) is 0 Å². The second-order valence-corrected chi connectivity index (χ2v) is 7.23. The first kappa shape index (κ1) is 19.4. The molecule has 1 aliphatic rings. The molecule has 1 aliphatic heterocycles. The molecule has 0 aliphatic carbocycles. The van der Waals surface area contributed by atoms with Gasteiger partial charge < -0.3 is 15.0 Å². The molecule has 2 amide bonds. The number of hydrogen-bond donors (Lipinski definition) is 1. The Morgan fingerprint density at radius 1 is 1.11 bits per heavy atom. The number of thioether (sulfide) groups is 1. The number of nitrogens with zero attached hydrogens (tertiary/aromatic N) is 2. The predicted octanol–water partition coefficient (Wildman–Crippen LogP) is 2.82. The SMILES string of the molecule is O=C(CCSCc1ccccn1)Nc1ccccc1C(=O)N1CCOCC1. The third kappa shape index (κ3) is 5.80. The lowest BCUT2D eigenvalue weighted by Crippen LogP contribution is -2.41. The molecule has 0 spiro atoms. The van der Waals surface area contributed by atoms with E-state index in [0.29, 0.717) is 49.7 Å². The predicted molar refractivity (Wildman–Crippen MR) is 107 cm³/mol. The van der Waals surface area contributed by atoms with Crippen molar-refractivity contribution in [2.24, 2.45) is 0 Å². The molecular formula is C20H23N3O3S. The zero-order chi connectivity index (χ0) is 18.9. The highest BCUT2D eigenvalue weighted by Crippen LogP contribution is 2.19. The summed E-state index contributed by atoms with van der Waals surface area (Å²) in [7, 11) is 0. The lowest BCUT2D eigenvalue weighted by molar-refractivity contribution is -0.115. The molecular weight excluding hydrogens is 362 g/mol. The van der Waals surface area contributed by atoms with E-state index in [4.69, 9.17) is 4.74 Å². The van der Waals surface area contributed by atoms with Crippen LogP contribution in [0.5, 0.6) is 0 Å². The maximum absolute atomic E-state index is 12.7. The monoisotopic (exact) mass is 385 g/mol. The van der Waals surface area contributed by atoms with Crippen LogP contribution in [0.15, 0.2) is 48.7 Å². The van der Waals surface area contributed by atoms with Crippen LogP contribution in [0.1, 0.15) is 22.5 Å². The Labute approximate surface area is 163 Å². The van der Waals surface area contributed by atoms with Gasteiger partial charge >= 0.3 is 0 Å². The van der Waals surface area contributed by atoms with E-state index in [2.05, 4.69) is 10.3 Å². The maximum atomic E-state index is 12.7. The molecule has 0 radical (unpaired) electrons. The maximum Gasteiger partial charge on any atom is 0.256 e. The van der Waals surface area contributed by atoms with Crippen molar-refractivity contribution in [1.82, 2.24) is 9.88 Å². The van der Waals surface area contributed by atoms with Crippen molar-refractivity contribution in [3.8, 4) is 0 Å². The van der Waals surface area contributed by atoms with Gasteiger partial charge in [0, 0.05) is 37.2 Å². The van der Waals surface area contributed by atoms with Crippen molar-refractivity contribution < 1.29 is 14.3 Å². The van der Waals surface area contributed by atoms with Crippen molar-refractivity contribution in [3.63, 3.8) is 0 Å². The molecule has 1 aromatic carbocycles. The van der Waals surface area contributed by atoms with Crippen LogP contribution < -0.4 is 5.32 Å². The average Bonchev–Trinajstić information content (AvgIpc) is 2.72. The summed E-state index contributed by atoms with van der Waals surface area (Å²) in [6.07, 6.45) is 2.16. The minimum absolute atomic E-state index is 0.0706. The van der Waals surface area contributed by atoms with Gasteiger partial charge in [-0.25, -0.2) is 0 Å². The van der Waals surface area contributed by atoms with Crippen LogP contribution in [0.25, 0.3) is 0 Å². The van der Waals surface area contributed by atoms with E-state index in [1.807, 2.05) is 30.3 Å². The molecule has 1 N–H and O–H groups in total. The molecule has 0 bridgehead atoms. The van der Waals surface area contributed by atoms with Crippen LogP contribution in [-0.2, 0) is 15.3 Å². The molecule has 142 valence electrons. The van der Waals surface area contributed by atoms with Gasteiger partial charge in [-0.2, -0.15) is 11.8 Å². The third-order valence-electron chi connectivity index (χ3n) is 4.18. The fraction of sp³-hybridized carbons (Fsp3) is 0.350. The standard InChI is InChI=1S/C20H23N3O3S/c24-19(8-14-27-15-16-5-3-4-9-21-16)22-18-7-2-1-6-17(18)20(25)23-10-12-26-13-11-23/h1-7,9H,8,10-15H2,(H,22,24). The van der Waals surface area contributed by atoms with Crippen LogP contribution in [0.2, 0.25) is 0 Å². The summed E-state index contributed by atoms with van der Waals surface area (Å²) in [5.74, 6) is 1.31. The molecule has 1 aromatic heterocycles. The summed E-state index contributed by atoms with van der Waals surface area (Å²) >= 11 is 1.67. The van der Waals surface area contributed by atoms with E-state index in [9.17, 15) is 9.59 Å². The molecule has 6 nitrogen and oxygen atoms in total. The smallest absolute Gasteiger partial charge is 0.256 e. The Balaban J connectivity index is 1.51. The van der Waals surface area contributed by atoms with Gasteiger partial charge in [-0.05, 0) is 24.3 Å². The van der Waals surface area contributed by atoms with Gasteiger partial charge in [0.15, 0.2) is 0 Å². The molecule has 2 aromatic rings. The lowest BCUT2D eigenvalue weighted by atomic mass is 10.1. The topological polar surface area (TPSA) is 71.5 Å². The fourth-order valence-corrected chi connectivity index (χ4v) is 3.61. The summed E-state index contributed by atoms with van der Waals surface area (Å²) < 4.78 is 5.30. The molecule has 1 saturated heterocycles. The number of amides is 2. The normalized spacial score (nSPS) is 14.0. The van der Waals surface area contributed by atoms with E-state index >= 15 is 0 Å². The van der Waals surface area contributed by atoms with Crippen LogP contribution in [-0.4, -0.2) is 53.8 Å². The first-order valence-electron chi connectivity index (χ1n) is 8.97. The minimum Gasteiger partial charge on any atom is -0.378 e. The number of carbonyl (C=O) groups excluding carboxylic acids is 2. The largest absolute Gasteiger partial charge is 0.378 e. The highest BCUT2D eigenvalue weighted by molar-refractivity contribution is 7.98. The minimum atomic E-state index is -0.0919. The van der Waals surface area contributed by atoms with Gasteiger partial charge in [-0.1, -0.05) is 18.2 Å². The summed E-state index contributed by atoms with van der Waals surface area (Å²) in [4.78, 5) is 31.0. The Hall–Kier alpha value is -2.38. The van der Waals surface area contributed by atoms with E-state index in [0.717, 1.165) is 11.4 Å². The quantitative estimate of drug-likeness (QED) is 0.742. The lowest BCUT2D eigenvalue weighted by Gasteiger charge is -2.27. The van der Waals surface area contributed by atoms with Crippen molar-refractivity contribution in [2.45, 2.75) is 12.2 Å². The molecule has 27 heavy (non-hydrogen) atoms. The summed E-state index contributed by atoms with van der Waals surface area (Å²) in [6, 6.07) is 13.0. The van der Waals surface area contributed by atoms with Gasteiger partial charge in [-0.15, -0.1) is 0 Å². The Kier molecular flexibility index (Phi) is 7.24. The molecule has 3 rings (SSSR count). The van der Waals surface area contributed by atoms with Crippen molar-refractivity contribution in [3.05, 3.63) is 59.9 Å². The van der Waals surface area contributed by atoms with Gasteiger partial charge in [0.05, 0.1) is 30.2 Å². The van der Waals surface area contributed by atoms with E-state index in [-0.39, 0.29) is 11.8 Å². The van der Waals surface area contributed by atoms with Gasteiger partial charge in [0.1, 0.15) is 0 Å². The van der Waals surface area contributed by atoms with Crippen LogP contribution in [0, 0.1) is 0 Å². The zero-order valence-electron chi connectivity index (χ0n) is 15.1. The summed E-state index contributed by atoms with van der Waals surface area (Å²) in [5, 5.41) is 2.88. The molecule has 0 saturated carbocycles. The highest BCUT2D eigenvalue weighted by atomic mass is 32.2. The first-order chi connectivity index (χ1) is 13.2. The average molecular weight is 385 g/mol. The van der Waals surface area contributed by atoms with Gasteiger partial charge in [0.25, 0.3) is 5.91 Å². The number of nitrogens with one attached hydrogen (secondary N) is 1. The molecule has 7 heteroatoms. The molecule has 2 heterocycles. The summed E-state index contributed by atoms with van der Waals surface area (Å²) in [6.45, 7) is 2.25. The molecule has 1 fully saturated rings. The number of anilines is 1. The van der Waals surface area contributed by atoms with Crippen LogP contribution in [0.3, 0.4) is 0 Å². The second-order valence-electron chi connectivity index (χ2n) is 6.12. The van der Waals surface area contributed by atoms with Crippen molar-refractivity contribution in [2.75, 3.05) is 37.4 Å². The molecule has 0 atom stereocenters. The van der Waals surface area contributed by atoms with Crippen LogP contribution in [0.4, 0.5) is 5.69 Å². The number of ether oxygens (including phenoxy) is 1. The first-order valence-corrected chi connectivity index (χ1v) is 10.1. The van der Waals surface area contributed by atoms with Gasteiger partial charge in [0.2, 0.25) is 5.91 Å². The fourth-order valence-electron chi connectivity index (χ4n) is 2.75. The summed E-state index contributed by atoms with van der Waals surface area (Å²) in [5.41, 5.74) is 2.09. The van der Waals surface area contributed by atoms with Crippen LogP contribution >= 0.6 is 11.8 Å². The highest BCUT2D eigenvalue weighted by Gasteiger charge is 2.21. The number of carbonyl (C=O) groups is 2. The second kappa shape index (κ2) is 10.1. The Morgan fingerprint density at radius 2 is 1.89 bits per heavy atom. The number of morpholine rings is 1. The number of hydrogen-bond acceptors (Lipinski definition) is 5. The zero-order valence-corrected chi connectivity index (χ0v) is 15.9. The Morgan fingerprint density at radius 3 is 2.67 bits per heavy atom. The number of aromatic nitrogens is 1. The Bertz CT molecular complexity index is 764. The van der Waals surface area contributed by atoms with E-state index in [1.54, 1.807) is 35.0 Å². The van der Waals surface area contributed by atoms with E-state index in [1.165, 1.54) is 0 Å². The number of para-hydroxylation sites is 1. The van der Waals surface area contributed by atoms with Gasteiger partial charge in [-0.3, -0.25) is 14.6 Å². The number of benzene rings is 1. The molecule has 0 unspecified atom stereocenters. The number of rotatable bonds is 7. The van der Waals surface area contributed by atoms with Crippen molar-refractivity contribution >= 4 is 29.3 Å². The third-order valence-corrected chi connectivity index (χ3v) is 5.17. The van der Waals surface area contributed by atoms with E-state index < -0.39 is 0 Å².